The number of amides is 2. The molecule has 1 atom stereocenters. The SMILES string of the molecule is COc1ccc(N(CC(=O)N(Cc2ccccc2C)[C@H](C)C(=O)NC(C)(C)C)S(=O)(=O)c2ccc(C)c([N+](=O)[O-])c2)cc1. The summed E-state index contributed by atoms with van der Waals surface area (Å²) in [6.45, 7) is 9.83. The molecule has 1 N–H and O–H groups in total. The van der Waals surface area contributed by atoms with E-state index in [1.165, 1.54) is 43.2 Å². The van der Waals surface area contributed by atoms with Gasteiger partial charge in [0.1, 0.15) is 18.3 Å². The van der Waals surface area contributed by atoms with Crippen LogP contribution in [0.3, 0.4) is 0 Å². The van der Waals surface area contributed by atoms with Crippen LogP contribution < -0.4 is 14.4 Å². The Morgan fingerprint density at radius 3 is 2.19 bits per heavy atom. The number of hydrogen-bond acceptors (Lipinski definition) is 7. The quantitative estimate of drug-likeness (QED) is 0.244. The summed E-state index contributed by atoms with van der Waals surface area (Å²) in [5.41, 5.74) is 1.19. The van der Waals surface area contributed by atoms with Crippen LogP contribution in [0.25, 0.3) is 0 Å². The Hall–Kier alpha value is -4.45. The number of sulfonamides is 1. The lowest BCUT2D eigenvalue weighted by Crippen LogP contribution is -2.54. The molecule has 0 spiro atoms. The fourth-order valence-corrected chi connectivity index (χ4v) is 5.81. The van der Waals surface area contributed by atoms with Crippen molar-refractivity contribution in [2.45, 2.75) is 64.6 Å². The van der Waals surface area contributed by atoms with Crippen LogP contribution in [0.1, 0.15) is 44.4 Å². The largest absolute Gasteiger partial charge is 0.497 e. The smallest absolute Gasteiger partial charge is 0.273 e. The van der Waals surface area contributed by atoms with E-state index in [9.17, 15) is 28.1 Å². The molecule has 0 radical (unpaired) electrons. The zero-order valence-electron chi connectivity index (χ0n) is 25.5. The Bertz CT molecular complexity index is 1600. The highest BCUT2D eigenvalue weighted by atomic mass is 32.2. The van der Waals surface area contributed by atoms with Crippen molar-refractivity contribution < 1.29 is 27.7 Å². The van der Waals surface area contributed by atoms with E-state index in [4.69, 9.17) is 4.74 Å². The Kier molecular flexibility index (Phi) is 10.2. The number of ether oxygens (including phenoxy) is 1. The number of nitro groups is 1. The molecule has 3 aromatic carbocycles. The summed E-state index contributed by atoms with van der Waals surface area (Å²) in [4.78, 5) is 39.3. The first-order valence-electron chi connectivity index (χ1n) is 13.6. The molecule has 0 aromatic heterocycles. The van der Waals surface area contributed by atoms with Gasteiger partial charge < -0.3 is 15.0 Å². The molecule has 230 valence electrons. The summed E-state index contributed by atoms with van der Waals surface area (Å²) in [7, 11) is -3.03. The van der Waals surface area contributed by atoms with Crippen LogP contribution >= 0.6 is 0 Å². The maximum Gasteiger partial charge on any atom is 0.273 e. The number of nitrogens with zero attached hydrogens (tertiary/aromatic N) is 3. The number of nitrogens with one attached hydrogen (secondary N) is 1. The standard InChI is InChI=1S/C31H38N4O7S/c1-21-10-8-9-11-24(21)19-33(23(3)30(37)32-31(4,5)6)29(36)20-34(25-13-15-26(42-7)16-14-25)43(40,41)27-17-12-22(2)28(18-27)35(38)39/h8-18,23H,19-20H2,1-7H3,(H,32,37)/t23-/m1/s1. The molecule has 0 unspecified atom stereocenters. The van der Waals surface area contributed by atoms with E-state index in [1.54, 1.807) is 19.1 Å². The number of anilines is 1. The Morgan fingerprint density at radius 1 is 1.00 bits per heavy atom. The summed E-state index contributed by atoms with van der Waals surface area (Å²) >= 11 is 0. The molecule has 3 rings (SSSR count). The highest BCUT2D eigenvalue weighted by Crippen LogP contribution is 2.29. The first kappa shape index (κ1) is 33.1. The first-order chi connectivity index (χ1) is 20.0. The van der Waals surface area contributed by atoms with Crippen molar-refractivity contribution in [2.24, 2.45) is 0 Å². The Labute approximate surface area is 252 Å². The van der Waals surface area contributed by atoms with Crippen LogP contribution in [0.4, 0.5) is 11.4 Å². The van der Waals surface area contributed by atoms with E-state index in [0.717, 1.165) is 21.5 Å². The molecule has 0 saturated heterocycles. The van der Waals surface area contributed by atoms with Gasteiger partial charge in [-0.2, -0.15) is 0 Å². The third kappa shape index (κ3) is 8.10. The third-order valence-electron chi connectivity index (χ3n) is 6.87. The number of carbonyl (C=O) groups is 2. The van der Waals surface area contributed by atoms with Gasteiger partial charge >= 0.3 is 0 Å². The van der Waals surface area contributed by atoms with Gasteiger partial charge in [-0.15, -0.1) is 0 Å². The molecule has 0 aliphatic carbocycles. The summed E-state index contributed by atoms with van der Waals surface area (Å²) in [6.07, 6.45) is 0. The normalized spacial score (nSPS) is 12.3. The number of aryl methyl sites for hydroxylation is 2. The van der Waals surface area contributed by atoms with Crippen LogP contribution in [-0.4, -0.2) is 55.3 Å². The molecule has 0 fully saturated rings. The maximum atomic E-state index is 14.1. The van der Waals surface area contributed by atoms with Gasteiger partial charge in [-0.05, 0) is 83.0 Å². The Morgan fingerprint density at radius 2 is 1.63 bits per heavy atom. The zero-order valence-corrected chi connectivity index (χ0v) is 26.3. The van der Waals surface area contributed by atoms with E-state index in [0.29, 0.717) is 11.3 Å². The van der Waals surface area contributed by atoms with Crippen molar-refractivity contribution in [1.29, 1.82) is 0 Å². The van der Waals surface area contributed by atoms with Crippen molar-refractivity contribution in [3.8, 4) is 5.75 Å². The number of nitro benzene ring substituents is 1. The first-order valence-corrected chi connectivity index (χ1v) is 15.1. The molecule has 0 saturated carbocycles. The average molecular weight is 611 g/mol. The van der Waals surface area contributed by atoms with Gasteiger partial charge in [0.05, 0.1) is 22.6 Å². The summed E-state index contributed by atoms with van der Waals surface area (Å²) in [6, 6.07) is 16.1. The van der Waals surface area contributed by atoms with Crippen molar-refractivity contribution in [2.75, 3.05) is 18.0 Å². The number of rotatable bonds is 11. The van der Waals surface area contributed by atoms with E-state index in [2.05, 4.69) is 5.32 Å². The van der Waals surface area contributed by atoms with Crippen LogP contribution in [0.2, 0.25) is 0 Å². The Balaban J connectivity index is 2.11. The molecule has 0 aliphatic heterocycles. The topological polar surface area (TPSA) is 139 Å². The van der Waals surface area contributed by atoms with Gasteiger partial charge in [-0.1, -0.05) is 30.3 Å². The summed E-state index contributed by atoms with van der Waals surface area (Å²) in [5, 5.41) is 14.5. The van der Waals surface area contributed by atoms with Gasteiger partial charge in [0.15, 0.2) is 0 Å². The van der Waals surface area contributed by atoms with Crippen molar-refractivity contribution >= 4 is 33.2 Å². The maximum absolute atomic E-state index is 14.1. The number of benzene rings is 3. The van der Waals surface area contributed by atoms with Crippen LogP contribution in [0.5, 0.6) is 5.75 Å². The minimum absolute atomic E-state index is 0.0523. The lowest BCUT2D eigenvalue weighted by atomic mass is 10.1. The highest BCUT2D eigenvalue weighted by molar-refractivity contribution is 7.92. The van der Waals surface area contributed by atoms with Gasteiger partial charge in [-0.25, -0.2) is 8.42 Å². The summed E-state index contributed by atoms with van der Waals surface area (Å²) in [5.74, 6) is -0.574. The van der Waals surface area contributed by atoms with Crippen LogP contribution in [0, 0.1) is 24.0 Å². The summed E-state index contributed by atoms with van der Waals surface area (Å²) < 4.78 is 34.2. The second-order valence-corrected chi connectivity index (χ2v) is 13.1. The molecule has 0 heterocycles. The molecule has 12 heteroatoms. The van der Waals surface area contributed by atoms with Crippen LogP contribution in [-0.2, 0) is 26.2 Å². The van der Waals surface area contributed by atoms with Gasteiger partial charge in [0.2, 0.25) is 11.8 Å². The second-order valence-electron chi connectivity index (χ2n) is 11.3. The van der Waals surface area contributed by atoms with E-state index in [1.807, 2.05) is 52.0 Å². The predicted molar refractivity (Wildman–Crippen MR) is 164 cm³/mol. The monoisotopic (exact) mass is 610 g/mol. The zero-order chi connectivity index (χ0) is 32.1. The van der Waals surface area contributed by atoms with Gasteiger partial charge in [0, 0.05) is 23.7 Å². The fraction of sp³-hybridized carbons (Fsp3) is 0.355. The van der Waals surface area contributed by atoms with E-state index >= 15 is 0 Å². The lowest BCUT2D eigenvalue weighted by Gasteiger charge is -2.33. The molecule has 0 bridgehead atoms. The molecule has 2 amide bonds. The highest BCUT2D eigenvalue weighted by Gasteiger charge is 2.34. The van der Waals surface area contributed by atoms with Crippen molar-refractivity contribution in [1.82, 2.24) is 10.2 Å². The number of methoxy groups -OCH3 is 1. The minimum Gasteiger partial charge on any atom is -0.497 e. The molecule has 43 heavy (non-hydrogen) atoms. The second kappa shape index (κ2) is 13.2. The average Bonchev–Trinajstić information content (AvgIpc) is 2.94. The molecule has 3 aromatic rings. The predicted octanol–water partition coefficient (Wildman–Crippen LogP) is 4.75. The third-order valence-corrected chi connectivity index (χ3v) is 8.64. The number of hydrogen-bond donors (Lipinski definition) is 1. The van der Waals surface area contributed by atoms with Crippen molar-refractivity contribution in [3.63, 3.8) is 0 Å². The molecular formula is C31H38N4O7S. The fourth-order valence-electron chi connectivity index (χ4n) is 4.38. The van der Waals surface area contributed by atoms with E-state index < -0.39 is 44.9 Å². The van der Waals surface area contributed by atoms with Gasteiger partial charge in [-0.3, -0.25) is 24.0 Å². The lowest BCUT2D eigenvalue weighted by molar-refractivity contribution is -0.385. The molecule has 11 nitrogen and oxygen atoms in total. The van der Waals surface area contributed by atoms with Crippen LogP contribution in [0.15, 0.2) is 71.6 Å². The number of carbonyl (C=O) groups excluding carboxylic acids is 2. The minimum atomic E-state index is -4.49. The van der Waals surface area contributed by atoms with Crippen molar-refractivity contribution in [3.05, 3.63) is 93.5 Å². The molecule has 0 aliphatic rings. The van der Waals surface area contributed by atoms with E-state index in [-0.39, 0.29) is 22.8 Å². The molecular weight excluding hydrogens is 572 g/mol. The van der Waals surface area contributed by atoms with Gasteiger partial charge in [0.25, 0.3) is 15.7 Å².